The standard InChI is InChI=1S/C21H23N9.ClH/c1-29(2)11-10-22-19-9-8-16(12-23-19)13-26-28-20-18-14-27-30(21(18)25-15-24-20)17-6-4-3-5-7-17;/h3-9,12-15H,10-11H2,1-2H3,(H,22,23)(H,24,25,28);1H. The van der Waals surface area contributed by atoms with Crippen LogP contribution in [0.2, 0.25) is 0 Å². The van der Waals surface area contributed by atoms with Gasteiger partial charge in [-0.25, -0.2) is 19.6 Å². The summed E-state index contributed by atoms with van der Waals surface area (Å²) in [4.78, 5) is 15.2. The van der Waals surface area contributed by atoms with E-state index in [2.05, 4.69) is 40.8 Å². The number of pyridine rings is 1. The third kappa shape index (κ3) is 5.53. The van der Waals surface area contributed by atoms with Crippen molar-refractivity contribution in [3.8, 4) is 5.69 Å². The van der Waals surface area contributed by atoms with Crippen molar-refractivity contribution in [3.63, 3.8) is 0 Å². The fourth-order valence-electron chi connectivity index (χ4n) is 2.85. The molecule has 0 bridgehead atoms. The van der Waals surface area contributed by atoms with Crippen LogP contribution in [0.1, 0.15) is 5.56 Å². The number of likely N-dealkylation sites (N-methyl/N-ethyl adjacent to an activating group) is 1. The number of hydrogen-bond donors (Lipinski definition) is 2. The van der Waals surface area contributed by atoms with Gasteiger partial charge in [-0.3, -0.25) is 5.43 Å². The van der Waals surface area contributed by atoms with E-state index < -0.39 is 0 Å². The maximum Gasteiger partial charge on any atom is 0.168 e. The molecule has 0 aliphatic carbocycles. The third-order valence-corrected chi connectivity index (χ3v) is 4.40. The summed E-state index contributed by atoms with van der Waals surface area (Å²) < 4.78 is 1.78. The molecule has 0 aliphatic heterocycles. The zero-order valence-electron chi connectivity index (χ0n) is 17.3. The number of hydrazone groups is 1. The van der Waals surface area contributed by atoms with Gasteiger partial charge in [-0.2, -0.15) is 10.2 Å². The Labute approximate surface area is 186 Å². The van der Waals surface area contributed by atoms with E-state index in [9.17, 15) is 0 Å². The van der Waals surface area contributed by atoms with Gasteiger partial charge in [0.05, 0.1) is 23.5 Å². The molecule has 0 fully saturated rings. The molecule has 3 heterocycles. The summed E-state index contributed by atoms with van der Waals surface area (Å²) >= 11 is 0. The van der Waals surface area contributed by atoms with Crippen molar-refractivity contribution in [1.29, 1.82) is 0 Å². The highest BCUT2D eigenvalue weighted by Gasteiger charge is 2.10. The number of nitrogens with zero attached hydrogens (tertiary/aromatic N) is 7. The van der Waals surface area contributed by atoms with Crippen LogP contribution < -0.4 is 10.7 Å². The lowest BCUT2D eigenvalue weighted by atomic mass is 10.3. The SMILES string of the molecule is CN(C)CCNc1ccc(C=NNc2ncnc3c2cnn3-c2ccccc2)cn1.Cl. The monoisotopic (exact) mass is 437 g/mol. The number of aromatic nitrogens is 5. The van der Waals surface area contributed by atoms with Gasteiger partial charge in [0.1, 0.15) is 12.1 Å². The van der Waals surface area contributed by atoms with Gasteiger partial charge in [0.25, 0.3) is 0 Å². The first kappa shape index (κ1) is 22.1. The predicted molar refractivity (Wildman–Crippen MR) is 126 cm³/mol. The topological polar surface area (TPSA) is 96.1 Å². The average Bonchev–Trinajstić information content (AvgIpc) is 3.20. The second kappa shape index (κ2) is 10.5. The van der Waals surface area contributed by atoms with E-state index in [1.165, 1.54) is 6.33 Å². The van der Waals surface area contributed by atoms with Gasteiger partial charge in [0.2, 0.25) is 0 Å². The molecule has 0 spiro atoms. The third-order valence-electron chi connectivity index (χ3n) is 4.40. The first-order valence-corrected chi connectivity index (χ1v) is 9.58. The number of nitrogens with one attached hydrogen (secondary N) is 2. The molecule has 0 saturated heterocycles. The molecule has 31 heavy (non-hydrogen) atoms. The number of para-hydroxylation sites is 1. The first-order chi connectivity index (χ1) is 14.7. The maximum atomic E-state index is 4.44. The van der Waals surface area contributed by atoms with E-state index in [1.54, 1.807) is 23.3 Å². The molecule has 3 aromatic heterocycles. The highest BCUT2D eigenvalue weighted by molar-refractivity contribution is 5.88. The Balaban J connectivity index is 0.00000272. The lowest BCUT2D eigenvalue weighted by molar-refractivity contribution is 0.425. The minimum atomic E-state index is 0. The molecule has 10 heteroatoms. The summed E-state index contributed by atoms with van der Waals surface area (Å²) in [6.45, 7) is 1.79. The van der Waals surface area contributed by atoms with Crippen LogP contribution >= 0.6 is 12.4 Å². The van der Waals surface area contributed by atoms with E-state index in [4.69, 9.17) is 0 Å². The molecule has 0 atom stereocenters. The zero-order chi connectivity index (χ0) is 20.8. The number of fused-ring (bicyclic) bond motifs is 1. The second-order valence-electron chi connectivity index (χ2n) is 6.93. The molecule has 4 rings (SSSR count). The minimum Gasteiger partial charge on any atom is -0.369 e. The van der Waals surface area contributed by atoms with Gasteiger partial charge in [-0.05, 0) is 38.4 Å². The molecule has 0 saturated carbocycles. The Morgan fingerprint density at radius 2 is 1.87 bits per heavy atom. The highest BCUT2D eigenvalue weighted by atomic mass is 35.5. The normalized spacial score (nSPS) is 11.1. The van der Waals surface area contributed by atoms with E-state index in [0.717, 1.165) is 35.5 Å². The van der Waals surface area contributed by atoms with Gasteiger partial charge in [0.15, 0.2) is 11.5 Å². The van der Waals surface area contributed by atoms with Crippen LogP contribution in [0.5, 0.6) is 0 Å². The molecule has 0 aliphatic rings. The first-order valence-electron chi connectivity index (χ1n) is 9.58. The lowest BCUT2D eigenvalue weighted by Crippen LogP contribution is -2.21. The summed E-state index contributed by atoms with van der Waals surface area (Å²) in [6, 6.07) is 13.7. The van der Waals surface area contributed by atoms with Crippen LogP contribution in [0.3, 0.4) is 0 Å². The number of anilines is 2. The Morgan fingerprint density at radius 1 is 1.03 bits per heavy atom. The molecule has 0 radical (unpaired) electrons. The number of halogens is 1. The largest absolute Gasteiger partial charge is 0.369 e. The molecule has 0 unspecified atom stereocenters. The van der Waals surface area contributed by atoms with Gasteiger partial charge in [-0.1, -0.05) is 18.2 Å². The summed E-state index contributed by atoms with van der Waals surface area (Å²) in [5, 5.41) is 12.8. The number of rotatable bonds is 8. The van der Waals surface area contributed by atoms with Crippen LogP contribution in [0.4, 0.5) is 11.6 Å². The van der Waals surface area contributed by atoms with Gasteiger partial charge in [0, 0.05) is 24.8 Å². The van der Waals surface area contributed by atoms with Gasteiger partial charge >= 0.3 is 0 Å². The molecule has 160 valence electrons. The van der Waals surface area contributed by atoms with Crippen LogP contribution in [-0.2, 0) is 0 Å². The van der Waals surface area contributed by atoms with Crippen LogP contribution in [0, 0.1) is 0 Å². The summed E-state index contributed by atoms with van der Waals surface area (Å²) in [5.74, 6) is 1.43. The van der Waals surface area contributed by atoms with Crippen LogP contribution in [-0.4, -0.2) is 63.0 Å². The molecular formula is C21H24ClN9. The van der Waals surface area contributed by atoms with Crippen molar-refractivity contribution < 1.29 is 0 Å². The Bertz CT molecular complexity index is 1120. The Hall–Kier alpha value is -3.56. The highest BCUT2D eigenvalue weighted by Crippen LogP contribution is 2.21. The average molecular weight is 438 g/mol. The molecule has 1 aromatic carbocycles. The molecule has 0 amide bonds. The zero-order valence-corrected chi connectivity index (χ0v) is 18.1. The van der Waals surface area contributed by atoms with Crippen LogP contribution in [0.25, 0.3) is 16.7 Å². The van der Waals surface area contributed by atoms with E-state index >= 15 is 0 Å². The molecule has 4 aromatic rings. The van der Waals surface area contributed by atoms with Crippen molar-refractivity contribution >= 4 is 41.3 Å². The van der Waals surface area contributed by atoms with Crippen molar-refractivity contribution in [3.05, 3.63) is 66.7 Å². The van der Waals surface area contributed by atoms with E-state index in [-0.39, 0.29) is 12.4 Å². The van der Waals surface area contributed by atoms with E-state index in [0.29, 0.717) is 11.5 Å². The molecule has 9 nitrogen and oxygen atoms in total. The number of benzene rings is 1. The smallest absolute Gasteiger partial charge is 0.168 e. The Kier molecular flexibility index (Phi) is 7.47. The minimum absolute atomic E-state index is 0. The Morgan fingerprint density at radius 3 is 2.61 bits per heavy atom. The number of hydrogen-bond acceptors (Lipinski definition) is 8. The lowest BCUT2D eigenvalue weighted by Gasteiger charge is -2.10. The van der Waals surface area contributed by atoms with Gasteiger partial charge < -0.3 is 10.2 Å². The summed E-state index contributed by atoms with van der Waals surface area (Å²) in [6.07, 6.45) is 6.70. The molecular weight excluding hydrogens is 414 g/mol. The second-order valence-corrected chi connectivity index (χ2v) is 6.93. The quantitative estimate of drug-likeness (QED) is 0.323. The van der Waals surface area contributed by atoms with E-state index in [1.807, 2.05) is 56.6 Å². The van der Waals surface area contributed by atoms with Crippen molar-refractivity contribution in [2.24, 2.45) is 5.10 Å². The van der Waals surface area contributed by atoms with Crippen molar-refractivity contribution in [2.75, 3.05) is 37.9 Å². The fraction of sp³-hybridized carbons (Fsp3) is 0.190. The maximum absolute atomic E-state index is 4.44. The molecule has 2 N–H and O–H groups in total. The predicted octanol–water partition coefficient (Wildman–Crippen LogP) is 3.05. The van der Waals surface area contributed by atoms with Crippen molar-refractivity contribution in [1.82, 2.24) is 29.6 Å². The van der Waals surface area contributed by atoms with Crippen LogP contribution in [0.15, 0.2) is 66.3 Å². The summed E-state index contributed by atoms with van der Waals surface area (Å²) in [7, 11) is 4.08. The summed E-state index contributed by atoms with van der Waals surface area (Å²) in [5.41, 5.74) is 5.51. The van der Waals surface area contributed by atoms with Crippen molar-refractivity contribution in [2.45, 2.75) is 0 Å². The van der Waals surface area contributed by atoms with Gasteiger partial charge in [-0.15, -0.1) is 12.4 Å². The fourth-order valence-corrected chi connectivity index (χ4v) is 2.85.